The first-order valence-corrected chi connectivity index (χ1v) is 22.7. The predicted octanol–water partition coefficient (Wildman–Crippen LogP) is 9.06. The molecule has 2 unspecified atom stereocenters. The molecule has 7 rings (SSSR count). The van der Waals surface area contributed by atoms with Crippen LogP contribution in [0.4, 0.5) is 9.93 Å². The summed E-state index contributed by atoms with van der Waals surface area (Å²) in [6, 6.07) is 34.1. The second kappa shape index (κ2) is 20.1. The average Bonchev–Trinajstić information content (AvgIpc) is 3.66. The maximum Gasteiger partial charge on any atom is 0.413 e. The maximum absolute atomic E-state index is 14.7. The summed E-state index contributed by atoms with van der Waals surface area (Å²) in [5.41, 5.74) is 0.607. The number of benzene rings is 4. The molecular weight excluding hydrogens is 898 g/mol. The van der Waals surface area contributed by atoms with Crippen LogP contribution in [-0.2, 0) is 40.9 Å². The molecule has 2 atom stereocenters. The summed E-state index contributed by atoms with van der Waals surface area (Å²) in [5, 5.41) is 9.28. The van der Waals surface area contributed by atoms with E-state index in [-0.39, 0.29) is 33.3 Å². The Hall–Kier alpha value is -6.13. The SMILES string of the molecule is COc1ccc(COC(=O)C2=C(/C=C/CCl)CSC3C(NC(=O)C(=NOC(c4ccccc4)(c4ccccc4)c4ccccc4)c4nc(NC(=O)OC(C)(C)C)sc4Cl)C(=O)N23)cc1. The molecule has 0 radical (unpaired) electrons. The molecule has 5 aromatic rings. The molecule has 13 nitrogen and oxygen atoms in total. The third-order valence-corrected chi connectivity index (χ3v) is 12.5. The minimum Gasteiger partial charge on any atom is -0.497 e. The number of allylic oxidation sites excluding steroid dienone is 2. The molecule has 4 aromatic carbocycles. The van der Waals surface area contributed by atoms with E-state index in [4.69, 9.17) is 42.3 Å². The van der Waals surface area contributed by atoms with Crippen molar-refractivity contribution in [1.29, 1.82) is 0 Å². The first kappa shape index (κ1) is 45.9. The van der Waals surface area contributed by atoms with Crippen molar-refractivity contribution in [2.75, 3.05) is 24.1 Å². The Morgan fingerprint density at radius 3 is 2.05 bits per heavy atom. The molecule has 1 aromatic heterocycles. The van der Waals surface area contributed by atoms with Crippen LogP contribution in [0.15, 0.2) is 144 Å². The normalized spacial score (nSPS) is 16.4. The van der Waals surface area contributed by atoms with Crippen LogP contribution in [-0.4, -0.2) is 75.2 Å². The van der Waals surface area contributed by atoms with Crippen molar-refractivity contribution in [2.24, 2.45) is 5.16 Å². The van der Waals surface area contributed by atoms with E-state index < -0.39 is 52.2 Å². The molecule has 0 bridgehead atoms. The van der Waals surface area contributed by atoms with Crippen LogP contribution in [0, 0.1) is 0 Å². The minimum absolute atomic E-state index is 0.0116. The number of ether oxygens (including phenoxy) is 3. The van der Waals surface area contributed by atoms with E-state index >= 15 is 0 Å². The van der Waals surface area contributed by atoms with Gasteiger partial charge in [0.25, 0.3) is 11.8 Å². The third-order valence-electron chi connectivity index (χ3n) is 9.86. The Labute approximate surface area is 388 Å². The zero-order valence-corrected chi connectivity index (χ0v) is 38.2. The average molecular weight is 941 g/mol. The molecule has 17 heteroatoms. The number of hydrogen-bond acceptors (Lipinski definition) is 12. The summed E-state index contributed by atoms with van der Waals surface area (Å²) >= 11 is 15.0. The van der Waals surface area contributed by atoms with Gasteiger partial charge >= 0.3 is 12.1 Å². The van der Waals surface area contributed by atoms with Gasteiger partial charge in [-0.2, -0.15) is 0 Å². The Morgan fingerprint density at radius 1 is 0.906 bits per heavy atom. The quantitative estimate of drug-likeness (QED) is 0.0259. The van der Waals surface area contributed by atoms with Crippen LogP contribution in [0.25, 0.3) is 0 Å². The topological polar surface area (TPSA) is 158 Å². The van der Waals surface area contributed by atoms with Crippen molar-refractivity contribution in [2.45, 2.75) is 50.0 Å². The van der Waals surface area contributed by atoms with Crippen molar-refractivity contribution in [1.82, 2.24) is 15.2 Å². The number of nitrogens with one attached hydrogen (secondary N) is 2. The van der Waals surface area contributed by atoms with Gasteiger partial charge in [-0.3, -0.25) is 19.8 Å². The number of hydrogen-bond donors (Lipinski definition) is 2. The predicted molar refractivity (Wildman–Crippen MR) is 249 cm³/mol. The van der Waals surface area contributed by atoms with Gasteiger partial charge in [-0.15, -0.1) is 23.4 Å². The number of alkyl halides is 1. The van der Waals surface area contributed by atoms with E-state index in [1.54, 1.807) is 64.3 Å². The van der Waals surface area contributed by atoms with Gasteiger partial charge in [0.05, 0.1) is 7.11 Å². The van der Waals surface area contributed by atoms with E-state index in [1.807, 2.05) is 91.0 Å². The zero-order chi connectivity index (χ0) is 45.4. The minimum atomic E-state index is -1.42. The van der Waals surface area contributed by atoms with Crippen LogP contribution >= 0.6 is 46.3 Å². The smallest absolute Gasteiger partial charge is 0.413 e. The van der Waals surface area contributed by atoms with Crippen molar-refractivity contribution >= 4 is 81.0 Å². The number of esters is 1. The highest BCUT2D eigenvalue weighted by molar-refractivity contribution is 8.00. The molecular formula is C47H43Cl2N5O8S2. The lowest BCUT2D eigenvalue weighted by molar-refractivity contribution is -0.153. The molecule has 1 saturated heterocycles. The summed E-state index contributed by atoms with van der Waals surface area (Å²) in [5.74, 6) is -1.02. The van der Waals surface area contributed by atoms with Crippen LogP contribution in [0.1, 0.15) is 48.7 Å². The number of thiazole rings is 1. The van der Waals surface area contributed by atoms with Gasteiger partial charge in [-0.1, -0.05) is 143 Å². The fraction of sp³-hybridized carbons (Fsp3) is 0.234. The van der Waals surface area contributed by atoms with E-state index in [0.717, 1.165) is 11.3 Å². The van der Waals surface area contributed by atoms with Gasteiger partial charge in [0.1, 0.15) is 45.1 Å². The number of β-lactam (4-membered cyclic amide) rings is 1. The lowest BCUT2D eigenvalue weighted by Crippen LogP contribution is -2.71. The number of nitrogens with zero attached hydrogens (tertiary/aromatic N) is 3. The van der Waals surface area contributed by atoms with Crippen molar-refractivity contribution < 1.29 is 38.2 Å². The van der Waals surface area contributed by atoms with Crippen molar-refractivity contribution in [3.05, 3.63) is 171 Å². The van der Waals surface area contributed by atoms with Crippen LogP contribution < -0.4 is 15.4 Å². The molecule has 0 spiro atoms. The van der Waals surface area contributed by atoms with Gasteiger partial charge in [0.2, 0.25) is 5.60 Å². The third kappa shape index (κ3) is 10.1. The Balaban J connectivity index is 1.24. The fourth-order valence-corrected chi connectivity index (χ4v) is 9.41. The summed E-state index contributed by atoms with van der Waals surface area (Å²) in [6.45, 7) is 5.08. The molecule has 3 amide bonds. The molecule has 2 aliphatic rings. The summed E-state index contributed by atoms with van der Waals surface area (Å²) in [6.07, 6.45) is 2.57. The lowest BCUT2D eigenvalue weighted by atomic mass is 9.80. The molecule has 3 heterocycles. The maximum atomic E-state index is 14.7. The van der Waals surface area contributed by atoms with Crippen LogP contribution in [0.2, 0.25) is 4.34 Å². The highest BCUT2D eigenvalue weighted by Gasteiger charge is 2.55. The van der Waals surface area contributed by atoms with Crippen molar-refractivity contribution in [3.63, 3.8) is 0 Å². The van der Waals surface area contributed by atoms with Crippen LogP contribution in [0.3, 0.4) is 0 Å². The van der Waals surface area contributed by atoms with Crippen molar-refractivity contribution in [3.8, 4) is 5.75 Å². The molecule has 0 saturated carbocycles. The molecule has 2 aliphatic heterocycles. The number of halogens is 2. The largest absolute Gasteiger partial charge is 0.497 e. The van der Waals surface area contributed by atoms with Crippen LogP contribution in [0.5, 0.6) is 5.75 Å². The summed E-state index contributed by atoms with van der Waals surface area (Å²) in [4.78, 5) is 68.0. The highest BCUT2D eigenvalue weighted by atomic mass is 35.5. The van der Waals surface area contributed by atoms with Gasteiger partial charge in [-0.25, -0.2) is 14.6 Å². The van der Waals surface area contributed by atoms with E-state index in [0.29, 0.717) is 39.3 Å². The first-order valence-electron chi connectivity index (χ1n) is 19.9. The van der Waals surface area contributed by atoms with Gasteiger partial charge in [0, 0.05) is 28.3 Å². The van der Waals surface area contributed by atoms with Gasteiger partial charge < -0.3 is 24.4 Å². The molecule has 0 aliphatic carbocycles. The molecule has 2 N–H and O–H groups in total. The number of fused-ring (bicyclic) bond motifs is 1. The van der Waals surface area contributed by atoms with Gasteiger partial charge in [-0.05, 0) is 44.0 Å². The second-order valence-electron chi connectivity index (χ2n) is 15.3. The Bertz CT molecular complexity index is 2490. The van der Waals surface area contributed by atoms with E-state index in [9.17, 15) is 19.2 Å². The number of rotatable bonds is 15. The number of amides is 3. The number of anilines is 1. The monoisotopic (exact) mass is 939 g/mol. The van der Waals surface area contributed by atoms with E-state index in [2.05, 4.69) is 20.8 Å². The summed E-state index contributed by atoms with van der Waals surface area (Å²) < 4.78 is 16.4. The number of methoxy groups -OCH3 is 1. The van der Waals surface area contributed by atoms with Gasteiger partial charge in [0.15, 0.2) is 10.8 Å². The molecule has 64 heavy (non-hydrogen) atoms. The fourth-order valence-electron chi connectivity index (χ4n) is 6.97. The Kier molecular flexibility index (Phi) is 14.4. The number of aromatic nitrogens is 1. The summed E-state index contributed by atoms with van der Waals surface area (Å²) in [7, 11) is 1.56. The standard InChI is InChI=1S/C47H43Cl2N5O8S2/c1-46(2,3)61-45(58)52-44-51-35(39(49)64-44)36(53-62-47(31-16-8-5-9-17-31,32-18-10-6-11-19-32)33-20-12-7-13-21-33)40(55)50-37-41(56)54-38(30(15-14-26-48)28-63-42(37)54)43(57)60-27-29-22-24-34(59-4)25-23-29/h5-25,37,42H,26-28H2,1-4H3,(H,50,55)(H,51,52,58)/b15-14+,53-36?. The first-order chi connectivity index (χ1) is 30.8. The number of carbonyl (C=O) groups is 4. The second-order valence-corrected chi connectivity index (χ2v) is 18.3. The number of thioether (sulfide) groups is 1. The van der Waals surface area contributed by atoms with E-state index in [1.165, 1.54) is 16.7 Å². The number of oxime groups is 1. The Morgan fingerprint density at radius 2 is 1.50 bits per heavy atom. The molecule has 330 valence electrons. The zero-order valence-electron chi connectivity index (χ0n) is 35.1. The molecule has 1 fully saturated rings. The lowest BCUT2D eigenvalue weighted by Gasteiger charge is -2.49. The number of carbonyl (C=O) groups excluding carboxylic acids is 4. The highest BCUT2D eigenvalue weighted by Crippen LogP contribution is 2.43.